The molecule has 196 valence electrons. The standard InChI is InChI=1S/C28H25F2N3O5/c29-22-10-7-11-23(30)26(22)36-17-6-2-5-12-24(34)27(35)31-18-25-32-33-28(38-25)19-13-15-21(16-14-19)37-20-8-3-1-4-9-20/h1,3-4,7-11,13-16H,2,5-6,12,17-18H2,(H,31,35). The fraction of sp³-hybridized carbons (Fsp3) is 0.214. The number of unbranched alkanes of at least 4 members (excludes halogenated alkanes) is 2. The third-order valence-corrected chi connectivity index (χ3v) is 5.41. The Morgan fingerprint density at radius 1 is 0.816 bits per heavy atom. The van der Waals surface area contributed by atoms with Gasteiger partial charge in [0.1, 0.15) is 11.5 Å². The van der Waals surface area contributed by atoms with Gasteiger partial charge < -0.3 is 19.2 Å². The summed E-state index contributed by atoms with van der Waals surface area (Å²) in [5.74, 6) is -1.49. The molecule has 1 amide bonds. The number of hydrogen-bond acceptors (Lipinski definition) is 7. The molecule has 0 spiro atoms. The highest BCUT2D eigenvalue weighted by Crippen LogP contribution is 2.25. The molecule has 38 heavy (non-hydrogen) atoms. The molecule has 0 saturated carbocycles. The maximum Gasteiger partial charge on any atom is 0.287 e. The predicted molar refractivity (Wildman–Crippen MR) is 133 cm³/mol. The minimum absolute atomic E-state index is 0.0341. The smallest absolute Gasteiger partial charge is 0.287 e. The second-order valence-corrected chi connectivity index (χ2v) is 8.26. The topological polar surface area (TPSA) is 104 Å². The number of carbonyl (C=O) groups excluding carboxylic acids is 2. The first kappa shape index (κ1) is 26.5. The normalized spacial score (nSPS) is 10.7. The van der Waals surface area contributed by atoms with E-state index < -0.39 is 29.1 Å². The van der Waals surface area contributed by atoms with Crippen LogP contribution in [0.15, 0.2) is 77.2 Å². The molecule has 10 heteroatoms. The molecule has 1 heterocycles. The van der Waals surface area contributed by atoms with Crippen LogP contribution in [0.25, 0.3) is 11.5 Å². The monoisotopic (exact) mass is 521 g/mol. The SMILES string of the molecule is O=C(CCCCCOc1c(F)cccc1F)C(=O)NCc1nnc(-c2ccc(Oc3ccccc3)cc2)o1. The molecule has 8 nitrogen and oxygen atoms in total. The molecule has 0 fully saturated rings. The van der Waals surface area contributed by atoms with Gasteiger partial charge in [-0.25, -0.2) is 8.78 Å². The lowest BCUT2D eigenvalue weighted by Gasteiger charge is -2.07. The van der Waals surface area contributed by atoms with Crippen molar-refractivity contribution in [3.05, 3.63) is 90.3 Å². The Kier molecular flexibility index (Phi) is 9.12. The molecular weight excluding hydrogens is 496 g/mol. The van der Waals surface area contributed by atoms with E-state index >= 15 is 0 Å². The number of nitrogens with zero attached hydrogens (tertiary/aromatic N) is 2. The van der Waals surface area contributed by atoms with Gasteiger partial charge in [-0.3, -0.25) is 9.59 Å². The van der Waals surface area contributed by atoms with Gasteiger partial charge in [0.15, 0.2) is 17.4 Å². The number of Topliss-reactive ketones (excluding diaryl/α,β-unsaturated/α-hetero) is 1. The van der Waals surface area contributed by atoms with Gasteiger partial charge in [0.25, 0.3) is 5.91 Å². The van der Waals surface area contributed by atoms with Crippen LogP contribution in [0.1, 0.15) is 31.6 Å². The molecule has 0 atom stereocenters. The molecule has 3 aromatic carbocycles. The Morgan fingerprint density at radius 2 is 1.53 bits per heavy atom. The van der Waals surface area contributed by atoms with E-state index in [1.54, 1.807) is 24.3 Å². The summed E-state index contributed by atoms with van der Waals surface area (Å²) in [7, 11) is 0. The van der Waals surface area contributed by atoms with Crippen molar-refractivity contribution in [3.8, 4) is 28.7 Å². The van der Waals surface area contributed by atoms with Crippen molar-refractivity contribution >= 4 is 11.7 Å². The van der Waals surface area contributed by atoms with E-state index in [1.807, 2.05) is 30.3 Å². The van der Waals surface area contributed by atoms with Crippen molar-refractivity contribution in [1.29, 1.82) is 0 Å². The summed E-state index contributed by atoms with van der Waals surface area (Å²) < 4.78 is 43.5. The third-order valence-electron chi connectivity index (χ3n) is 5.41. The van der Waals surface area contributed by atoms with Crippen molar-refractivity contribution in [2.75, 3.05) is 6.61 Å². The zero-order valence-corrected chi connectivity index (χ0v) is 20.4. The highest BCUT2D eigenvalue weighted by molar-refractivity contribution is 6.36. The van der Waals surface area contributed by atoms with E-state index in [0.717, 1.165) is 17.9 Å². The van der Waals surface area contributed by atoms with E-state index in [9.17, 15) is 18.4 Å². The van der Waals surface area contributed by atoms with Crippen LogP contribution in [0, 0.1) is 11.6 Å². The summed E-state index contributed by atoms with van der Waals surface area (Å²) in [5.41, 5.74) is 0.674. The number of carbonyl (C=O) groups is 2. The minimum Gasteiger partial charge on any atom is -0.488 e. The summed E-state index contributed by atoms with van der Waals surface area (Å²) in [6, 6.07) is 20.0. The number of nitrogens with one attached hydrogen (secondary N) is 1. The van der Waals surface area contributed by atoms with Gasteiger partial charge in [-0.1, -0.05) is 24.3 Å². The fourth-order valence-electron chi connectivity index (χ4n) is 3.46. The van der Waals surface area contributed by atoms with Gasteiger partial charge in [0.2, 0.25) is 17.6 Å². The van der Waals surface area contributed by atoms with Crippen LogP contribution < -0.4 is 14.8 Å². The van der Waals surface area contributed by atoms with Crippen LogP contribution in [0.5, 0.6) is 17.2 Å². The summed E-state index contributed by atoms with van der Waals surface area (Å²) in [4.78, 5) is 24.2. The Bertz CT molecular complexity index is 1340. The van der Waals surface area contributed by atoms with Crippen molar-refractivity contribution in [1.82, 2.24) is 15.5 Å². The maximum absolute atomic E-state index is 13.5. The summed E-state index contributed by atoms with van der Waals surface area (Å²) in [6.07, 6.45) is 1.50. The second kappa shape index (κ2) is 13.1. The quantitative estimate of drug-likeness (QED) is 0.180. The second-order valence-electron chi connectivity index (χ2n) is 8.26. The van der Waals surface area contributed by atoms with Crippen molar-refractivity contribution < 1.29 is 32.3 Å². The highest BCUT2D eigenvalue weighted by Gasteiger charge is 2.15. The summed E-state index contributed by atoms with van der Waals surface area (Å²) in [5, 5.41) is 10.4. The number of aromatic nitrogens is 2. The van der Waals surface area contributed by atoms with Crippen molar-refractivity contribution in [2.24, 2.45) is 0 Å². The summed E-state index contributed by atoms with van der Waals surface area (Å²) in [6.45, 7) is 0.00926. The van der Waals surface area contributed by atoms with E-state index in [1.165, 1.54) is 6.07 Å². The lowest BCUT2D eigenvalue weighted by atomic mass is 10.1. The Morgan fingerprint density at radius 3 is 2.26 bits per heavy atom. The maximum atomic E-state index is 13.5. The van der Waals surface area contributed by atoms with Gasteiger partial charge in [0, 0.05) is 12.0 Å². The van der Waals surface area contributed by atoms with Gasteiger partial charge in [-0.05, 0) is 67.8 Å². The van der Waals surface area contributed by atoms with Crippen molar-refractivity contribution in [3.63, 3.8) is 0 Å². The number of amides is 1. The molecule has 0 aliphatic carbocycles. The lowest BCUT2D eigenvalue weighted by molar-refractivity contribution is -0.138. The van der Waals surface area contributed by atoms with Crippen LogP contribution in [0.2, 0.25) is 0 Å². The van der Waals surface area contributed by atoms with E-state index in [4.69, 9.17) is 13.9 Å². The number of hydrogen-bond donors (Lipinski definition) is 1. The molecule has 0 unspecified atom stereocenters. The van der Waals surface area contributed by atoms with Crippen molar-refractivity contribution in [2.45, 2.75) is 32.2 Å². The van der Waals surface area contributed by atoms with Crippen LogP contribution in [0.4, 0.5) is 8.78 Å². The fourth-order valence-corrected chi connectivity index (χ4v) is 3.46. The van der Waals surface area contributed by atoms with Gasteiger partial charge in [0.05, 0.1) is 13.2 Å². The van der Waals surface area contributed by atoms with Crippen LogP contribution in [-0.4, -0.2) is 28.5 Å². The zero-order chi connectivity index (χ0) is 26.7. The Labute approximate surface area is 217 Å². The summed E-state index contributed by atoms with van der Waals surface area (Å²) >= 11 is 0. The first-order valence-corrected chi connectivity index (χ1v) is 12.0. The van der Waals surface area contributed by atoms with Crippen LogP contribution in [0.3, 0.4) is 0 Å². The number of benzene rings is 3. The highest BCUT2D eigenvalue weighted by atomic mass is 19.1. The molecule has 4 rings (SSSR count). The molecular formula is C28H25F2N3O5. The van der Waals surface area contributed by atoms with Crippen LogP contribution in [-0.2, 0) is 16.1 Å². The number of para-hydroxylation sites is 2. The predicted octanol–water partition coefficient (Wildman–Crippen LogP) is 5.63. The molecule has 4 aromatic rings. The molecule has 0 bridgehead atoms. The van der Waals surface area contributed by atoms with Crippen LogP contribution >= 0.6 is 0 Å². The molecule has 1 aromatic heterocycles. The van der Waals surface area contributed by atoms with E-state index in [0.29, 0.717) is 30.6 Å². The number of rotatable bonds is 13. The average Bonchev–Trinajstić information content (AvgIpc) is 3.40. The van der Waals surface area contributed by atoms with Gasteiger partial charge in [-0.15, -0.1) is 10.2 Å². The molecule has 0 radical (unpaired) electrons. The van der Waals surface area contributed by atoms with E-state index in [-0.39, 0.29) is 31.4 Å². The van der Waals surface area contributed by atoms with Gasteiger partial charge in [-0.2, -0.15) is 0 Å². The minimum atomic E-state index is -0.767. The molecule has 0 saturated heterocycles. The largest absolute Gasteiger partial charge is 0.488 e. The number of ether oxygens (including phenoxy) is 2. The molecule has 1 N–H and O–H groups in total. The first-order valence-electron chi connectivity index (χ1n) is 12.0. The average molecular weight is 522 g/mol. The lowest BCUT2D eigenvalue weighted by Crippen LogP contribution is -2.30. The number of halogens is 2. The Hall–Kier alpha value is -4.60. The molecule has 0 aliphatic heterocycles. The number of ketones is 1. The van der Waals surface area contributed by atoms with E-state index in [2.05, 4.69) is 15.5 Å². The Balaban J connectivity index is 1.15. The third kappa shape index (κ3) is 7.45. The zero-order valence-electron chi connectivity index (χ0n) is 20.4. The molecule has 0 aliphatic rings. The first-order chi connectivity index (χ1) is 18.5. The van der Waals surface area contributed by atoms with Gasteiger partial charge >= 0.3 is 0 Å².